The number of rotatable bonds is 5. The van der Waals surface area contributed by atoms with Crippen molar-refractivity contribution in [2.24, 2.45) is 0 Å². The van der Waals surface area contributed by atoms with Crippen LogP contribution in [-0.4, -0.2) is 27.1 Å². The van der Waals surface area contributed by atoms with Crippen molar-refractivity contribution in [1.82, 2.24) is 9.78 Å². The highest BCUT2D eigenvalue weighted by molar-refractivity contribution is 5.15. The average molecular weight is 223 g/mol. The van der Waals surface area contributed by atoms with Gasteiger partial charge in [-0.2, -0.15) is 10.4 Å². The van der Waals surface area contributed by atoms with Gasteiger partial charge in [-0.1, -0.05) is 0 Å². The monoisotopic (exact) mass is 223 g/mol. The second kappa shape index (κ2) is 5.64. The minimum Gasteiger partial charge on any atom is -0.391 e. The van der Waals surface area contributed by atoms with E-state index in [9.17, 15) is 5.11 Å². The van der Waals surface area contributed by atoms with E-state index in [0.717, 1.165) is 12.1 Å². The number of aliphatic hydroxyl groups is 1. The third-order valence-corrected chi connectivity index (χ3v) is 2.43. The van der Waals surface area contributed by atoms with Crippen LogP contribution in [0.15, 0.2) is 12.4 Å². The molecule has 3 unspecified atom stereocenters. The molecule has 0 bridgehead atoms. The first-order valence-electron chi connectivity index (χ1n) is 5.34. The summed E-state index contributed by atoms with van der Waals surface area (Å²) in [5.74, 6) is 0. The van der Waals surface area contributed by atoms with Crippen LogP contribution in [0.2, 0.25) is 0 Å². The van der Waals surface area contributed by atoms with Crippen molar-refractivity contribution in [3.8, 4) is 6.07 Å². The summed E-state index contributed by atoms with van der Waals surface area (Å²) in [5, 5.41) is 22.4. The molecular formula is C11H17N3O2. The Morgan fingerprint density at radius 3 is 2.75 bits per heavy atom. The molecule has 0 aliphatic rings. The van der Waals surface area contributed by atoms with E-state index in [2.05, 4.69) is 11.2 Å². The van der Waals surface area contributed by atoms with Crippen LogP contribution in [0, 0.1) is 11.3 Å². The first-order chi connectivity index (χ1) is 7.58. The molecule has 0 amide bonds. The highest BCUT2D eigenvalue weighted by Gasteiger charge is 2.19. The standard InChI is InChI=1S/C11H17N3O2/c1-4-14-7-10(6-13-14)11(5-12)16-9(3)8(2)15/h6-9,11,15H,4H2,1-3H3. The molecule has 0 aliphatic heterocycles. The van der Waals surface area contributed by atoms with E-state index < -0.39 is 12.2 Å². The quantitative estimate of drug-likeness (QED) is 0.815. The Kier molecular flexibility index (Phi) is 4.47. The summed E-state index contributed by atoms with van der Waals surface area (Å²) in [6.07, 6.45) is 1.74. The molecule has 0 saturated heterocycles. The Morgan fingerprint density at radius 1 is 1.62 bits per heavy atom. The van der Waals surface area contributed by atoms with E-state index in [0.29, 0.717) is 0 Å². The van der Waals surface area contributed by atoms with Crippen LogP contribution in [0.3, 0.4) is 0 Å². The van der Waals surface area contributed by atoms with Gasteiger partial charge in [-0.3, -0.25) is 4.68 Å². The number of aliphatic hydroxyl groups excluding tert-OH is 1. The maximum atomic E-state index is 9.31. The van der Waals surface area contributed by atoms with Gasteiger partial charge in [0.1, 0.15) is 0 Å². The Bertz CT molecular complexity index is 368. The van der Waals surface area contributed by atoms with Gasteiger partial charge >= 0.3 is 0 Å². The topological polar surface area (TPSA) is 71.1 Å². The largest absolute Gasteiger partial charge is 0.391 e. The zero-order valence-corrected chi connectivity index (χ0v) is 9.79. The molecule has 3 atom stereocenters. The van der Waals surface area contributed by atoms with Crippen molar-refractivity contribution in [1.29, 1.82) is 5.26 Å². The van der Waals surface area contributed by atoms with E-state index in [4.69, 9.17) is 10.00 Å². The number of nitrogens with zero attached hydrogens (tertiary/aromatic N) is 3. The smallest absolute Gasteiger partial charge is 0.172 e. The van der Waals surface area contributed by atoms with Gasteiger partial charge < -0.3 is 9.84 Å². The molecule has 1 aromatic heterocycles. The van der Waals surface area contributed by atoms with E-state index in [1.807, 2.05) is 6.92 Å². The average Bonchev–Trinajstić information content (AvgIpc) is 2.73. The van der Waals surface area contributed by atoms with E-state index >= 15 is 0 Å². The molecule has 1 rings (SSSR count). The summed E-state index contributed by atoms with van der Waals surface area (Å²) in [7, 11) is 0. The molecule has 5 nitrogen and oxygen atoms in total. The van der Waals surface area contributed by atoms with Gasteiger partial charge in [-0.05, 0) is 20.8 Å². The van der Waals surface area contributed by atoms with Crippen molar-refractivity contribution in [3.05, 3.63) is 18.0 Å². The van der Waals surface area contributed by atoms with Gasteiger partial charge in [0.2, 0.25) is 0 Å². The van der Waals surface area contributed by atoms with Crippen LogP contribution < -0.4 is 0 Å². The fraction of sp³-hybridized carbons (Fsp3) is 0.636. The number of hydrogen-bond donors (Lipinski definition) is 1. The van der Waals surface area contributed by atoms with E-state index in [-0.39, 0.29) is 6.10 Å². The highest BCUT2D eigenvalue weighted by Crippen LogP contribution is 2.18. The third-order valence-electron chi connectivity index (χ3n) is 2.43. The fourth-order valence-corrected chi connectivity index (χ4v) is 1.20. The molecule has 1 N–H and O–H groups in total. The highest BCUT2D eigenvalue weighted by atomic mass is 16.5. The zero-order valence-electron chi connectivity index (χ0n) is 9.79. The lowest BCUT2D eigenvalue weighted by atomic mass is 10.2. The lowest BCUT2D eigenvalue weighted by Crippen LogP contribution is -2.24. The van der Waals surface area contributed by atoms with Crippen molar-refractivity contribution in [2.45, 2.75) is 45.6 Å². The molecule has 88 valence electrons. The number of nitriles is 1. The summed E-state index contributed by atoms with van der Waals surface area (Å²) >= 11 is 0. The summed E-state index contributed by atoms with van der Waals surface area (Å²) in [6, 6.07) is 2.05. The summed E-state index contributed by atoms with van der Waals surface area (Å²) in [5.41, 5.74) is 0.719. The normalized spacial score (nSPS) is 16.4. The van der Waals surface area contributed by atoms with Gasteiger partial charge in [0.05, 0.1) is 24.5 Å². The molecular weight excluding hydrogens is 206 g/mol. The van der Waals surface area contributed by atoms with Crippen LogP contribution in [-0.2, 0) is 11.3 Å². The fourth-order valence-electron chi connectivity index (χ4n) is 1.20. The van der Waals surface area contributed by atoms with Crippen LogP contribution in [0.5, 0.6) is 0 Å². The predicted molar refractivity (Wildman–Crippen MR) is 58.5 cm³/mol. The molecule has 0 aromatic carbocycles. The summed E-state index contributed by atoms with van der Waals surface area (Å²) in [4.78, 5) is 0. The molecule has 0 fully saturated rings. The van der Waals surface area contributed by atoms with E-state index in [1.165, 1.54) is 0 Å². The van der Waals surface area contributed by atoms with Crippen LogP contribution in [0.25, 0.3) is 0 Å². The number of aryl methyl sites for hydroxylation is 1. The van der Waals surface area contributed by atoms with Gasteiger partial charge in [0, 0.05) is 18.3 Å². The first-order valence-corrected chi connectivity index (χ1v) is 5.34. The zero-order chi connectivity index (χ0) is 12.1. The van der Waals surface area contributed by atoms with Gasteiger partial charge in [-0.25, -0.2) is 0 Å². The Labute approximate surface area is 95.3 Å². The second-order valence-corrected chi connectivity index (χ2v) is 3.72. The van der Waals surface area contributed by atoms with Crippen LogP contribution >= 0.6 is 0 Å². The van der Waals surface area contributed by atoms with Gasteiger partial charge in [-0.15, -0.1) is 0 Å². The SMILES string of the molecule is CCn1cc(C(C#N)OC(C)C(C)O)cn1. The number of aromatic nitrogens is 2. The molecule has 1 heterocycles. The Morgan fingerprint density at radius 2 is 2.31 bits per heavy atom. The minimum atomic E-state index is -0.676. The number of hydrogen-bond acceptors (Lipinski definition) is 4. The molecule has 16 heavy (non-hydrogen) atoms. The van der Waals surface area contributed by atoms with Crippen LogP contribution in [0.1, 0.15) is 32.4 Å². The predicted octanol–water partition coefficient (Wildman–Crippen LogP) is 1.25. The van der Waals surface area contributed by atoms with E-state index in [1.54, 1.807) is 30.9 Å². The molecule has 0 radical (unpaired) electrons. The van der Waals surface area contributed by atoms with Crippen molar-refractivity contribution in [3.63, 3.8) is 0 Å². The van der Waals surface area contributed by atoms with Gasteiger partial charge in [0.25, 0.3) is 0 Å². The van der Waals surface area contributed by atoms with Crippen LogP contribution in [0.4, 0.5) is 0 Å². The summed E-state index contributed by atoms with van der Waals surface area (Å²) in [6.45, 7) is 6.09. The third kappa shape index (κ3) is 3.05. The second-order valence-electron chi connectivity index (χ2n) is 3.72. The first kappa shape index (κ1) is 12.7. The minimum absolute atomic E-state index is 0.380. The molecule has 1 aromatic rings. The molecule has 5 heteroatoms. The molecule has 0 aliphatic carbocycles. The van der Waals surface area contributed by atoms with Gasteiger partial charge in [0.15, 0.2) is 6.10 Å². The lowest BCUT2D eigenvalue weighted by molar-refractivity contribution is -0.0426. The Hall–Kier alpha value is -1.38. The maximum Gasteiger partial charge on any atom is 0.172 e. The molecule has 0 spiro atoms. The summed E-state index contributed by atoms with van der Waals surface area (Å²) < 4.78 is 7.17. The van der Waals surface area contributed by atoms with Crippen molar-refractivity contribution < 1.29 is 9.84 Å². The maximum absolute atomic E-state index is 9.31. The molecule has 0 saturated carbocycles. The van der Waals surface area contributed by atoms with Crippen molar-refractivity contribution in [2.75, 3.05) is 0 Å². The number of ether oxygens (including phenoxy) is 1. The lowest BCUT2D eigenvalue weighted by Gasteiger charge is -2.18. The van der Waals surface area contributed by atoms with Crippen molar-refractivity contribution >= 4 is 0 Å². The Balaban J connectivity index is 2.71.